The summed E-state index contributed by atoms with van der Waals surface area (Å²) in [5.74, 6) is 1.14. The maximum Gasteiger partial charge on any atom is 0.241 e. The third-order valence-corrected chi connectivity index (χ3v) is 4.34. The number of ether oxygens (including phenoxy) is 1. The summed E-state index contributed by atoms with van der Waals surface area (Å²) in [4.78, 5) is 4.16. The third kappa shape index (κ3) is 3.71. The summed E-state index contributed by atoms with van der Waals surface area (Å²) in [7, 11) is -0.369. The number of sulfonamides is 1. The molecule has 1 aromatic heterocycles. The monoisotopic (exact) mass is 307 g/mol. The number of para-hydroxylation sites is 1. The van der Waals surface area contributed by atoms with Gasteiger partial charge in [-0.3, -0.25) is 0 Å². The van der Waals surface area contributed by atoms with Gasteiger partial charge in [0.05, 0.1) is 12.0 Å². The Balaban J connectivity index is 2.18. The van der Waals surface area contributed by atoms with Crippen LogP contribution in [-0.4, -0.2) is 27.6 Å². The van der Waals surface area contributed by atoms with Crippen molar-refractivity contribution in [2.24, 2.45) is 0 Å². The SMILES string of the molecule is CNc1cc(S(=O)(=O)NCc2ccccc2OC)ccn1. The molecular weight excluding hydrogens is 290 g/mol. The van der Waals surface area contributed by atoms with E-state index < -0.39 is 10.0 Å². The topological polar surface area (TPSA) is 80.3 Å². The molecule has 2 rings (SSSR count). The summed E-state index contributed by atoms with van der Waals surface area (Å²) in [6.07, 6.45) is 1.45. The zero-order valence-electron chi connectivity index (χ0n) is 11.8. The number of nitrogens with zero attached hydrogens (tertiary/aromatic N) is 1. The van der Waals surface area contributed by atoms with Gasteiger partial charge in [0.2, 0.25) is 10.0 Å². The average molecular weight is 307 g/mol. The molecule has 0 spiro atoms. The first kappa shape index (κ1) is 15.3. The molecule has 21 heavy (non-hydrogen) atoms. The van der Waals surface area contributed by atoms with Crippen molar-refractivity contribution < 1.29 is 13.2 Å². The van der Waals surface area contributed by atoms with Gasteiger partial charge in [-0.05, 0) is 12.1 Å². The second-order valence-corrected chi connectivity index (χ2v) is 6.03. The van der Waals surface area contributed by atoms with Gasteiger partial charge in [-0.1, -0.05) is 18.2 Å². The van der Waals surface area contributed by atoms with Gasteiger partial charge in [-0.25, -0.2) is 18.1 Å². The summed E-state index contributed by atoms with van der Waals surface area (Å²) in [6.45, 7) is 0.156. The smallest absolute Gasteiger partial charge is 0.241 e. The summed E-state index contributed by atoms with van der Waals surface area (Å²) < 4.78 is 32.3. The summed E-state index contributed by atoms with van der Waals surface area (Å²) in [6, 6.07) is 10.2. The van der Waals surface area contributed by atoms with Crippen LogP contribution in [0.3, 0.4) is 0 Å². The molecule has 0 saturated heterocycles. The molecule has 0 aliphatic carbocycles. The van der Waals surface area contributed by atoms with Crippen LogP contribution in [0.2, 0.25) is 0 Å². The van der Waals surface area contributed by atoms with Gasteiger partial charge in [0.1, 0.15) is 11.6 Å². The van der Waals surface area contributed by atoms with Crippen LogP contribution in [0.5, 0.6) is 5.75 Å². The zero-order chi connectivity index (χ0) is 15.3. The second kappa shape index (κ2) is 6.55. The molecule has 0 radical (unpaired) electrons. The van der Waals surface area contributed by atoms with Crippen LogP contribution < -0.4 is 14.8 Å². The van der Waals surface area contributed by atoms with Crippen molar-refractivity contribution in [1.82, 2.24) is 9.71 Å². The zero-order valence-corrected chi connectivity index (χ0v) is 12.6. The Morgan fingerprint density at radius 1 is 1.24 bits per heavy atom. The number of nitrogens with one attached hydrogen (secondary N) is 2. The highest BCUT2D eigenvalue weighted by Crippen LogP contribution is 2.18. The summed E-state index contributed by atoms with van der Waals surface area (Å²) >= 11 is 0. The number of anilines is 1. The molecule has 112 valence electrons. The van der Waals surface area contributed by atoms with E-state index in [0.29, 0.717) is 11.6 Å². The predicted octanol–water partition coefficient (Wildman–Crippen LogP) is 1.61. The van der Waals surface area contributed by atoms with Crippen molar-refractivity contribution in [2.75, 3.05) is 19.5 Å². The Morgan fingerprint density at radius 3 is 2.71 bits per heavy atom. The van der Waals surface area contributed by atoms with Crippen molar-refractivity contribution >= 4 is 15.8 Å². The third-order valence-electron chi connectivity index (χ3n) is 2.94. The second-order valence-electron chi connectivity index (χ2n) is 4.26. The minimum absolute atomic E-state index is 0.156. The highest BCUT2D eigenvalue weighted by atomic mass is 32.2. The number of benzene rings is 1. The molecule has 0 bridgehead atoms. The standard InChI is InChI=1S/C14H17N3O3S/c1-15-14-9-12(7-8-16-14)21(18,19)17-10-11-5-3-4-6-13(11)20-2/h3-9,17H,10H2,1-2H3,(H,15,16). The van der Waals surface area contributed by atoms with Gasteiger partial charge in [0.25, 0.3) is 0 Å². The number of methoxy groups -OCH3 is 1. The molecule has 1 aromatic carbocycles. The quantitative estimate of drug-likeness (QED) is 0.847. The lowest BCUT2D eigenvalue weighted by Crippen LogP contribution is -2.23. The van der Waals surface area contributed by atoms with E-state index in [4.69, 9.17) is 4.74 Å². The van der Waals surface area contributed by atoms with Gasteiger partial charge < -0.3 is 10.1 Å². The van der Waals surface area contributed by atoms with Crippen LogP contribution in [0.1, 0.15) is 5.56 Å². The first-order valence-electron chi connectivity index (χ1n) is 6.32. The molecule has 0 amide bonds. The molecule has 0 saturated carbocycles. The molecule has 2 aromatic rings. The van der Waals surface area contributed by atoms with Crippen LogP contribution in [-0.2, 0) is 16.6 Å². The van der Waals surface area contributed by atoms with E-state index in [2.05, 4.69) is 15.0 Å². The number of hydrogen-bond donors (Lipinski definition) is 2. The molecule has 0 unspecified atom stereocenters. The van der Waals surface area contributed by atoms with Crippen LogP contribution in [0.25, 0.3) is 0 Å². The van der Waals surface area contributed by atoms with E-state index in [9.17, 15) is 8.42 Å². The van der Waals surface area contributed by atoms with E-state index in [0.717, 1.165) is 5.56 Å². The van der Waals surface area contributed by atoms with Gasteiger partial charge in [0.15, 0.2) is 0 Å². The maximum atomic E-state index is 12.3. The maximum absolute atomic E-state index is 12.3. The molecule has 2 N–H and O–H groups in total. The molecule has 7 heteroatoms. The first-order chi connectivity index (χ1) is 10.1. The minimum Gasteiger partial charge on any atom is -0.496 e. The predicted molar refractivity (Wildman–Crippen MR) is 80.8 cm³/mol. The summed E-state index contributed by atoms with van der Waals surface area (Å²) in [5.41, 5.74) is 0.770. The molecule has 1 heterocycles. The average Bonchev–Trinajstić information content (AvgIpc) is 2.53. The van der Waals surface area contributed by atoms with Crippen LogP contribution in [0, 0.1) is 0 Å². The van der Waals surface area contributed by atoms with Gasteiger partial charge in [-0.15, -0.1) is 0 Å². The van der Waals surface area contributed by atoms with Crippen LogP contribution >= 0.6 is 0 Å². The Morgan fingerprint density at radius 2 is 2.00 bits per heavy atom. The fourth-order valence-electron chi connectivity index (χ4n) is 1.82. The van der Waals surface area contributed by atoms with Crippen molar-refractivity contribution in [1.29, 1.82) is 0 Å². The van der Waals surface area contributed by atoms with E-state index in [1.807, 2.05) is 18.2 Å². The molecule has 0 atom stereocenters. The molecular formula is C14H17N3O3S. The van der Waals surface area contributed by atoms with Crippen molar-refractivity contribution in [3.05, 3.63) is 48.2 Å². The van der Waals surface area contributed by atoms with Crippen LogP contribution in [0.4, 0.5) is 5.82 Å². The van der Waals surface area contributed by atoms with Crippen LogP contribution in [0.15, 0.2) is 47.5 Å². The number of pyridine rings is 1. The molecule has 0 aliphatic rings. The minimum atomic E-state index is -3.60. The van der Waals surface area contributed by atoms with E-state index in [1.165, 1.54) is 18.3 Å². The normalized spacial score (nSPS) is 11.1. The number of hydrogen-bond acceptors (Lipinski definition) is 5. The van der Waals surface area contributed by atoms with E-state index >= 15 is 0 Å². The Labute approximate surface area is 124 Å². The lowest BCUT2D eigenvalue weighted by molar-refractivity contribution is 0.409. The summed E-state index contributed by atoms with van der Waals surface area (Å²) in [5, 5.41) is 2.81. The van der Waals surface area contributed by atoms with Crippen molar-refractivity contribution in [2.45, 2.75) is 11.4 Å². The Kier molecular flexibility index (Phi) is 4.77. The highest BCUT2D eigenvalue weighted by molar-refractivity contribution is 7.89. The molecule has 0 aliphatic heterocycles. The largest absolute Gasteiger partial charge is 0.496 e. The number of aromatic nitrogens is 1. The molecule has 6 nitrogen and oxygen atoms in total. The van der Waals surface area contributed by atoms with E-state index in [-0.39, 0.29) is 11.4 Å². The highest BCUT2D eigenvalue weighted by Gasteiger charge is 2.15. The lowest BCUT2D eigenvalue weighted by Gasteiger charge is -2.10. The van der Waals surface area contributed by atoms with Gasteiger partial charge in [-0.2, -0.15) is 0 Å². The van der Waals surface area contributed by atoms with E-state index in [1.54, 1.807) is 20.2 Å². The van der Waals surface area contributed by atoms with Crippen molar-refractivity contribution in [3.8, 4) is 5.75 Å². The van der Waals surface area contributed by atoms with Gasteiger partial charge in [0, 0.05) is 31.4 Å². The van der Waals surface area contributed by atoms with Gasteiger partial charge >= 0.3 is 0 Å². The van der Waals surface area contributed by atoms with Crippen molar-refractivity contribution in [3.63, 3.8) is 0 Å². The Bertz CT molecular complexity index is 717. The Hall–Kier alpha value is -2.12. The fourth-order valence-corrected chi connectivity index (χ4v) is 2.84. The fraction of sp³-hybridized carbons (Fsp3) is 0.214. The lowest BCUT2D eigenvalue weighted by atomic mass is 10.2. The molecule has 0 fully saturated rings. The first-order valence-corrected chi connectivity index (χ1v) is 7.80. The number of rotatable bonds is 6.